The highest BCUT2D eigenvalue weighted by Crippen LogP contribution is 2.26. The third-order valence-corrected chi connectivity index (χ3v) is 3.49. The third-order valence-electron chi connectivity index (χ3n) is 3.49. The molecule has 0 saturated carbocycles. The second-order valence-corrected chi connectivity index (χ2v) is 4.86. The predicted molar refractivity (Wildman–Crippen MR) is 87.0 cm³/mol. The van der Waals surface area contributed by atoms with Gasteiger partial charge in [-0.1, -0.05) is 18.2 Å². The molecule has 0 aliphatic heterocycles. The van der Waals surface area contributed by atoms with Crippen LogP contribution in [0.1, 0.15) is 5.56 Å². The average Bonchev–Trinajstić information content (AvgIpc) is 2.62. The van der Waals surface area contributed by atoms with E-state index in [0.717, 1.165) is 5.56 Å². The molecule has 0 amide bonds. The molecule has 0 aliphatic rings. The number of rotatable bonds is 3. The molecule has 0 fully saturated rings. The van der Waals surface area contributed by atoms with E-state index in [1.54, 1.807) is 43.6 Å². The van der Waals surface area contributed by atoms with Crippen LogP contribution in [0, 0.1) is 11.3 Å². The molecule has 0 aliphatic carbocycles. The summed E-state index contributed by atoms with van der Waals surface area (Å²) in [6.07, 6.45) is 1.65. The smallest absolute Gasteiger partial charge is 0.267 e. The Balaban J connectivity index is 2.20. The molecular weight excluding hydrogens is 290 g/mol. The second kappa shape index (κ2) is 6.16. The number of nitrogens with one attached hydrogen (secondary N) is 1. The minimum absolute atomic E-state index is 0.0786. The SMILES string of the molecule is COc1ccc(-c2cc(-c3ccccn3)[nH]c(=O)c2C#N)cc1. The molecule has 0 radical (unpaired) electrons. The van der Waals surface area contributed by atoms with Crippen molar-refractivity contribution in [2.75, 3.05) is 7.11 Å². The number of aromatic amines is 1. The first-order valence-electron chi connectivity index (χ1n) is 6.96. The van der Waals surface area contributed by atoms with E-state index in [-0.39, 0.29) is 5.56 Å². The number of benzene rings is 1. The maximum absolute atomic E-state index is 12.2. The van der Waals surface area contributed by atoms with Gasteiger partial charge in [-0.05, 0) is 35.9 Å². The molecule has 5 heteroatoms. The summed E-state index contributed by atoms with van der Waals surface area (Å²) in [5.41, 5.74) is 2.20. The minimum Gasteiger partial charge on any atom is -0.497 e. The van der Waals surface area contributed by atoms with Gasteiger partial charge in [-0.15, -0.1) is 0 Å². The largest absolute Gasteiger partial charge is 0.497 e. The van der Waals surface area contributed by atoms with Gasteiger partial charge in [-0.3, -0.25) is 9.78 Å². The van der Waals surface area contributed by atoms with E-state index < -0.39 is 5.56 Å². The molecule has 112 valence electrons. The number of methoxy groups -OCH3 is 1. The monoisotopic (exact) mass is 303 g/mol. The van der Waals surface area contributed by atoms with Crippen molar-refractivity contribution >= 4 is 0 Å². The van der Waals surface area contributed by atoms with Crippen LogP contribution in [0.2, 0.25) is 0 Å². The molecule has 0 saturated heterocycles. The van der Waals surface area contributed by atoms with Crippen LogP contribution >= 0.6 is 0 Å². The first-order valence-corrected chi connectivity index (χ1v) is 6.96. The van der Waals surface area contributed by atoms with Crippen molar-refractivity contribution in [3.8, 4) is 34.3 Å². The first-order chi connectivity index (χ1) is 11.2. The number of hydrogen-bond donors (Lipinski definition) is 1. The van der Waals surface area contributed by atoms with Crippen LogP contribution in [0.4, 0.5) is 0 Å². The van der Waals surface area contributed by atoms with Gasteiger partial charge in [0.15, 0.2) is 0 Å². The lowest BCUT2D eigenvalue weighted by Gasteiger charge is -2.08. The molecule has 1 N–H and O–H groups in total. The van der Waals surface area contributed by atoms with Gasteiger partial charge >= 0.3 is 0 Å². The molecule has 5 nitrogen and oxygen atoms in total. The Hall–Kier alpha value is -3.39. The molecule has 2 heterocycles. The highest BCUT2D eigenvalue weighted by atomic mass is 16.5. The fourth-order valence-corrected chi connectivity index (χ4v) is 2.33. The van der Waals surface area contributed by atoms with Crippen molar-refractivity contribution < 1.29 is 4.74 Å². The zero-order valence-electron chi connectivity index (χ0n) is 12.4. The van der Waals surface area contributed by atoms with E-state index in [9.17, 15) is 10.1 Å². The standard InChI is InChI=1S/C18H13N3O2/c1-23-13-7-5-12(6-8-13)14-10-17(16-4-2-3-9-20-16)21-18(22)15(14)11-19/h2-10H,1H3,(H,21,22). The number of nitrogens with zero attached hydrogens (tertiary/aromatic N) is 2. The fourth-order valence-electron chi connectivity index (χ4n) is 2.33. The Bertz CT molecular complexity index is 923. The molecule has 0 atom stereocenters. The minimum atomic E-state index is -0.429. The van der Waals surface area contributed by atoms with Gasteiger partial charge in [-0.2, -0.15) is 5.26 Å². The topological polar surface area (TPSA) is 78.8 Å². The number of nitriles is 1. The number of H-pyrrole nitrogens is 1. The van der Waals surface area contributed by atoms with Crippen LogP contribution < -0.4 is 10.3 Å². The number of pyridine rings is 2. The number of ether oxygens (including phenoxy) is 1. The van der Waals surface area contributed by atoms with Gasteiger partial charge < -0.3 is 9.72 Å². The van der Waals surface area contributed by atoms with E-state index in [1.165, 1.54) is 0 Å². The van der Waals surface area contributed by atoms with Crippen molar-refractivity contribution in [2.24, 2.45) is 0 Å². The quantitative estimate of drug-likeness (QED) is 0.806. The van der Waals surface area contributed by atoms with Gasteiger partial charge in [0.25, 0.3) is 5.56 Å². The van der Waals surface area contributed by atoms with Crippen LogP contribution in [0.3, 0.4) is 0 Å². The molecule has 3 aromatic rings. The predicted octanol–water partition coefficient (Wildman–Crippen LogP) is 2.98. The number of aromatic nitrogens is 2. The highest BCUT2D eigenvalue weighted by Gasteiger charge is 2.13. The molecule has 1 aromatic carbocycles. The summed E-state index contributed by atoms with van der Waals surface area (Å²) in [6, 6.07) is 16.4. The Labute approximate surface area is 132 Å². The van der Waals surface area contributed by atoms with Gasteiger partial charge in [0.1, 0.15) is 17.4 Å². The summed E-state index contributed by atoms with van der Waals surface area (Å²) in [5, 5.41) is 9.31. The van der Waals surface area contributed by atoms with E-state index in [2.05, 4.69) is 9.97 Å². The molecule has 0 unspecified atom stereocenters. The zero-order valence-corrected chi connectivity index (χ0v) is 12.4. The second-order valence-electron chi connectivity index (χ2n) is 4.86. The van der Waals surface area contributed by atoms with Crippen molar-refractivity contribution in [3.63, 3.8) is 0 Å². The third kappa shape index (κ3) is 2.83. The lowest BCUT2D eigenvalue weighted by atomic mass is 10.00. The van der Waals surface area contributed by atoms with Crippen molar-refractivity contribution in [3.05, 3.63) is 70.6 Å². The molecular formula is C18H13N3O2. The van der Waals surface area contributed by atoms with Crippen LogP contribution in [0.5, 0.6) is 5.75 Å². The lowest BCUT2D eigenvalue weighted by Crippen LogP contribution is -2.13. The van der Waals surface area contributed by atoms with Gasteiger partial charge in [0.05, 0.1) is 18.5 Å². The van der Waals surface area contributed by atoms with Crippen molar-refractivity contribution in [2.45, 2.75) is 0 Å². The maximum Gasteiger partial charge on any atom is 0.267 e. The van der Waals surface area contributed by atoms with Crippen molar-refractivity contribution in [1.82, 2.24) is 9.97 Å². The van der Waals surface area contributed by atoms with Gasteiger partial charge in [-0.25, -0.2) is 0 Å². The Morgan fingerprint density at radius 2 is 1.96 bits per heavy atom. The molecule has 0 bridgehead atoms. The summed E-state index contributed by atoms with van der Waals surface area (Å²) in [4.78, 5) is 19.2. The Kier molecular flexibility index (Phi) is 3.89. The van der Waals surface area contributed by atoms with Crippen LogP contribution in [-0.2, 0) is 0 Å². The van der Waals surface area contributed by atoms with Crippen molar-refractivity contribution in [1.29, 1.82) is 5.26 Å². The molecule has 23 heavy (non-hydrogen) atoms. The fraction of sp³-hybridized carbons (Fsp3) is 0.0556. The summed E-state index contributed by atoms with van der Waals surface area (Å²) < 4.78 is 5.14. The average molecular weight is 303 g/mol. The first kappa shape index (κ1) is 14.5. The van der Waals surface area contributed by atoms with Crippen LogP contribution in [-0.4, -0.2) is 17.1 Å². The Morgan fingerprint density at radius 3 is 2.57 bits per heavy atom. The summed E-state index contributed by atoms with van der Waals surface area (Å²) in [7, 11) is 1.59. The van der Waals surface area contributed by atoms with Crippen LogP contribution in [0.25, 0.3) is 22.5 Å². The maximum atomic E-state index is 12.2. The van der Waals surface area contributed by atoms with E-state index in [1.807, 2.05) is 24.3 Å². The van der Waals surface area contributed by atoms with Gasteiger partial charge in [0, 0.05) is 11.8 Å². The summed E-state index contributed by atoms with van der Waals surface area (Å²) in [5.74, 6) is 0.710. The molecule has 3 rings (SSSR count). The van der Waals surface area contributed by atoms with E-state index in [0.29, 0.717) is 22.7 Å². The lowest BCUT2D eigenvalue weighted by molar-refractivity contribution is 0.415. The van der Waals surface area contributed by atoms with E-state index >= 15 is 0 Å². The van der Waals surface area contributed by atoms with Gasteiger partial charge in [0.2, 0.25) is 0 Å². The highest BCUT2D eigenvalue weighted by molar-refractivity contribution is 5.74. The molecule has 0 spiro atoms. The van der Waals surface area contributed by atoms with Crippen LogP contribution in [0.15, 0.2) is 59.5 Å². The Morgan fingerprint density at radius 1 is 1.17 bits per heavy atom. The van der Waals surface area contributed by atoms with E-state index in [4.69, 9.17) is 4.74 Å². The number of hydrogen-bond acceptors (Lipinski definition) is 4. The molecule has 2 aromatic heterocycles. The summed E-state index contributed by atoms with van der Waals surface area (Å²) >= 11 is 0. The normalized spacial score (nSPS) is 10.1. The zero-order chi connectivity index (χ0) is 16.2. The summed E-state index contributed by atoms with van der Waals surface area (Å²) in [6.45, 7) is 0.